The Morgan fingerprint density at radius 1 is 1.50 bits per heavy atom. The number of hydrogen-bond acceptors (Lipinski definition) is 3. The molecule has 0 radical (unpaired) electrons. The first kappa shape index (κ1) is 8.45. The van der Waals surface area contributed by atoms with Crippen LogP contribution in [0.5, 0.6) is 5.75 Å². The topological polar surface area (TPSA) is 75.0 Å². The summed E-state index contributed by atoms with van der Waals surface area (Å²) in [6, 6.07) is 6.90. The number of aryl methyl sites for hydroxylation is 1. The van der Waals surface area contributed by atoms with Gasteiger partial charge in [-0.2, -0.15) is 5.26 Å². The average molecular weight is 187 g/mol. The fourth-order valence-electron chi connectivity index (χ4n) is 1.60. The maximum absolute atomic E-state index is 9.28. The Balaban J connectivity index is 2.96. The second kappa shape index (κ2) is 2.67. The molecule has 14 heavy (non-hydrogen) atoms. The minimum absolute atomic E-state index is 0.152. The third-order valence-electron chi connectivity index (χ3n) is 2.33. The Labute approximate surface area is 80.8 Å². The van der Waals surface area contributed by atoms with Gasteiger partial charge < -0.3 is 15.4 Å². The second-order valence-corrected chi connectivity index (χ2v) is 3.13. The normalized spacial score (nSPS) is 10.3. The Morgan fingerprint density at radius 2 is 2.21 bits per heavy atom. The summed E-state index contributed by atoms with van der Waals surface area (Å²) in [6.07, 6.45) is 0. The number of fused-ring (bicyclic) bond motifs is 1. The van der Waals surface area contributed by atoms with E-state index < -0.39 is 0 Å². The quantitative estimate of drug-likeness (QED) is 0.653. The first-order valence-corrected chi connectivity index (χ1v) is 4.12. The molecule has 3 N–H and O–H groups in total. The number of aromatic hydroxyl groups is 1. The molecule has 0 fully saturated rings. The van der Waals surface area contributed by atoms with Gasteiger partial charge in [0, 0.05) is 12.4 Å². The van der Waals surface area contributed by atoms with Crippen LogP contribution in [0.15, 0.2) is 18.2 Å². The maximum atomic E-state index is 9.28. The summed E-state index contributed by atoms with van der Waals surface area (Å²) < 4.78 is 1.71. The van der Waals surface area contributed by atoms with Gasteiger partial charge in [-0.05, 0) is 18.2 Å². The van der Waals surface area contributed by atoms with Gasteiger partial charge in [-0.25, -0.2) is 0 Å². The molecule has 1 heterocycles. The molecular weight excluding hydrogens is 178 g/mol. The van der Waals surface area contributed by atoms with Crippen molar-refractivity contribution in [3.63, 3.8) is 0 Å². The van der Waals surface area contributed by atoms with Gasteiger partial charge in [-0.3, -0.25) is 0 Å². The van der Waals surface area contributed by atoms with E-state index in [2.05, 4.69) is 0 Å². The highest BCUT2D eigenvalue weighted by atomic mass is 16.3. The van der Waals surface area contributed by atoms with Crippen LogP contribution in [0, 0.1) is 11.3 Å². The largest absolute Gasteiger partial charge is 0.508 e. The molecule has 2 aromatic rings. The molecule has 0 aliphatic carbocycles. The van der Waals surface area contributed by atoms with E-state index in [-0.39, 0.29) is 5.75 Å². The second-order valence-electron chi connectivity index (χ2n) is 3.13. The van der Waals surface area contributed by atoms with E-state index in [1.807, 2.05) is 6.07 Å². The van der Waals surface area contributed by atoms with Gasteiger partial charge in [-0.15, -0.1) is 0 Å². The molecule has 0 saturated carbocycles. The highest BCUT2D eigenvalue weighted by molar-refractivity contribution is 5.96. The first-order chi connectivity index (χ1) is 6.65. The van der Waals surface area contributed by atoms with E-state index in [1.165, 1.54) is 0 Å². The molecule has 0 amide bonds. The molecule has 0 bridgehead atoms. The highest BCUT2D eigenvalue weighted by Gasteiger charge is 2.11. The summed E-state index contributed by atoms with van der Waals surface area (Å²) in [4.78, 5) is 0. The lowest BCUT2D eigenvalue weighted by Gasteiger charge is -1.96. The smallest absolute Gasteiger partial charge is 0.144 e. The molecule has 0 atom stereocenters. The molecule has 0 aliphatic heterocycles. The van der Waals surface area contributed by atoms with Crippen molar-refractivity contribution in [2.45, 2.75) is 0 Å². The van der Waals surface area contributed by atoms with Crippen LogP contribution in [0.1, 0.15) is 5.69 Å². The third-order valence-corrected chi connectivity index (χ3v) is 2.33. The van der Waals surface area contributed by atoms with Crippen LogP contribution in [-0.4, -0.2) is 9.67 Å². The van der Waals surface area contributed by atoms with Crippen LogP contribution >= 0.6 is 0 Å². The number of anilines is 1. The number of benzene rings is 1. The van der Waals surface area contributed by atoms with Crippen molar-refractivity contribution in [2.75, 3.05) is 5.73 Å². The van der Waals surface area contributed by atoms with Crippen molar-refractivity contribution in [2.24, 2.45) is 7.05 Å². The van der Waals surface area contributed by atoms with Crippen LogP contribution in [0.3, 0.4) is 0 Å². The summed E-state index contributed by atoms with van der Waals surface area (Å²) in [6.45, 7) is 0. The molecule has 0 spiro atoms. The molecule has 1 aromatic carbocycles. The zero-order valence-electron chi connectivity index (χ0n) is 7.65. The summed E-state index contributed by atoms with van der Waals surface area (Å²) >= 11 is 0. The van der Waals surface area contributed by atoms with Crippen LogP contribution in [0.25, 0.3) is 10.9 Å². The zero-order valence-corrected chi connectivity index (χ0v) is 7.65. The lowest BCUT2D eigenvalue weighted by atomic mass is 10.2. The first-order valence-electron chi connectivity index (χ1n) is 4.12. The predicted molar refractivity (Wildman–Crippen MR) is 53.7 cm³/mol. The highest BCUT2D eigenvalue weighted by Crippen LogP contribution is 2.29. The van der Waals surface area contributed by atoms with E-state index in [1.54, 1.807) is 29.8 Å². The molecule has 1 aromatic heterocycles. The summed E-state index contributed by atoms with van der Waals surface area (Å²) in [7, 11) is 1.77. The predicted octanol–water partition coefficient (Wildman–Crippen LogP) is 1.34. The van der Waals surface area contributed by atoms with E-state index in [0.29, 0.717) is 16.8 Å². The maximum Gasteiger partial charge on any atom is 0.144 e. The number of nitrogen functional groups attached to an aromatic ring is 1. The monoisotopic (exact) mass is 187 g/mol. The number of hydrogen-bond donors (Lipinski definition) is 2. The van der Waals surface area contributed by atoms with Crippen molar-refractivity contribution in [1.29, 1.82) is 5.26 Å². The van der Waals surface area contributed by atoms with Crippen LogP contribution in [0.2, 0.25) is 0 Å². The van der Waals surface area contributed by atoms with Crippen LogP contribution in [-0.2, 0) is 7.05 Å². The molecule has 0 saturated heterocycles. The summed E-state index contributed by atoms with van der Waals surface area (Å²) in [5.41, 5.74) is 7.45. The number of nitrogens with two attached hydrogens (primary N) is 1. The number of aromatic nitrogens is 1. The van der Waals surface area contributed by atoms with Gasteiger partial charge in [0.15, 0.2) is 0 Å². The van der Waals surface area contributed by atoms with E-state index >= 15 is 0 Å². The molecular formula is C10H9N3O. The number of nitrogens with zero attached hydrogens (tertiary/aromatic N) is 2. The SMILES string of the molecule is Cn1c(C#N)c(N)c2cc(O)ccc21. The number of phenolic OH excluding ortho intramolecular Hbond substituents is 1. The number of phenols is 1. The summed E-state index contributed by atoms with van der Waals surface area (Å²) in [5, 5.41) is 18.8. The van der Waals surface area contributed by atoms with Crippen molar-refractivity contribution >= 4 is 16.6 Å². The minimum atomic E-state index is 0.152. The third kappa shape index (κ3) is 0.927. The van der Waals surface area contributed by atoms with Crippen LogP contribution in [0.4, 0.5) is 5.69 Å². The molecule has 4 nitrogen and oxygen atoms in total. The Bertz CT molecular complexity index is 548. The van der Waals surface area contributed by atoms with Crippen LogP contribution < -0.4 is 5.73 Å². The fourth-order valence-corrected chi connectivity index (χ4v) is 1.60. The Hall–Kier alpha value is -2.15. The van der Waals surface area contributed by atoms with Crippen molar-refractivity contribution in [3.05, 3.63) is 23.9 Å². The van der Waals surface area contributed by atoms with Gasteiger partial charge in [-0.1, -0.05) is 0 Å². The lowest BCUT2D eigenvalue weighted by molar-refractivity contribution is 0.476. The molecule has 2 rings (SSSR count). The van der Waals surface area contributed by atoms with Gasteiger partial charge in [0.05, 0.1) is 11.2 Å². The molecule has 70 valence electrons. The lowest BCUT2D eigenvalue weighted by Crippen LogP contribution is -1.93. The fraction of sp³-hybridized carbons (Fsp3) is 0.100. The zero-order chi connectivity index (χ0) is 10.3. The standard InChI is InChI=1S/C10H9N3O/c1-13-8-3-2-6(14)4-7(8)10(12)9(13)5-11/h2-4,14H,12H2,1H3. The average Bonchev–Trinajstić information content (AvgIpc) is 2.39. The van der Waals surface area contributed by atoms with Gasteiger partial charge in [0.2, 0.25) is 0 Å². The summed E-state index contributed by atoms with van der Waals surface area (Å²) in [5.74, 6) is 0.152. The van der Waals surface area contributed by atoms with Crippen molar-refractivity contribution in [1.82, 2.24) is 4.57 Å². The Kier molecular flexibility index (Phi) is 1.61. The minimum Gasteiger partial charge on any atom is -0.508 e. The van der Waals surface area contributed by atoms with E-state index in [4.69, 9.17) is 11.0 Å². The van der Waals surface area contributed by atoms with E-state index in [9.17, 15) is 5.11 Å². The molecule has 0 unspecified atom stereocenters. The van der Waals surface area contributed by atoms with Gasteiger partial charge in [0.25, 0.3) is 0 Å². The molecule has 4 heteroatoms. The van der Waals surface area contributed by atoms with Gasteiger partial charge >= 0.3 is 0 Å². The van der Waals surface area contributed by atoms with Crippen molar-refractivity contribution in [3.8, 4) is 11.8 Å². The number of rotatable bonds is 0. The van der Waals surface area contributed by atoms with Gasteiger partial charge in [0.1, 0.15) is 17.5 Å². The molecule has 0 aliphatic rings. The van der Waals surface area contributed by atoms with Crippen molar-refractivity contribution < 1.29 is 5.11 Å². The Morgan fingerprint density at radius 3 is 2.86 bits per heavy atom. The van der Waals surface area contributed by atoms with E-state index in [0.717, 1.165) is 5.52 Å². The number of nitriles is 1.